The molecule has 0 aliphatic heterocycles. The van der Waals surface area contributed by atoms with Crippen LogP contribution >= 0.6 is 11.6 Å². The monoisotopic (exact) mass is 279 g/mol. The predicted octanol–water partition coefficient (Wildman–Crippen LogP) is 1.95. The van der Waals surface area contributed by atoms with E-state index in [1.54, 1.807) is 12.3 Å². The molecule has 1 heterocycles. The van der Waals surface area contributed by atoms with Crippen LogP contribution in [0.2, 0.25) is 5.02 Å². The van der Waals surface area contributed by atoms with Gasteiger partial charge in [0.05, 0.1) is 23.5 Å². The molecular weight excluding hydrogens is 266 g/mol. The molecule has 0 aliphatic rings. The lowest BCUT2D eigenvalue weighted by atomic mass is 10.3. The lowest BCUT2D eigenvalue weighted by Gasteiger charge is -2.09. The highest BCUT2D eigenvalue weighted by Crippen LogP contribution is 2.19. The van der Waals surface area contributed by atoms with Gasteiger partial charge in [0, 0.05) is 12.7 Å². The fourth-order valence-corrected chi connectivity index (χ4v) is 1.78. The number of ether oxygens (including phenoxy) is 1. The van der Waals surface area contributed by atoms with Gasteiger partial charge in [-0.25, -0.2) is 9.78 Å². The largest absolute Gasteiger partial charge is 0.491 e. The Hall–Kier alpha value is -2.01. The van der Waals surface area contributed by atoms with Gasteiger partial charge in [-0.3, -0.25) is 4.57 Å². The maximum absolute atomic E-state index is 11.4. The minimum atomic E-state index is -0.316. The Morgan fingerprint density at radius 3 is 2.95 bits per heavy atom. The summed E-state index contributed by atoms with van der Waals surface area (Å²) < 4.78 is 6.99. The van der Waals surface area contributed by atoms with Crippen molar-refractivity contribution in [2.45, 2.75) is 13.0 Å². The molecule has 2 rings (SSSR count). The van der Waals surface area contributed by atoms with Gasteiger partial charge >= 0.3 is 5.69 Å². The van der Waals surface area contributed by atoms with E-state index in [1.807, 2.05) is 18.2 Å². The molecule has 6 heteroatoms. The molecule has 0 saturated carbocycles. The van der Waals surface area contributed by atoms with Crippen LogP contribution in [-0.2, 0) is 6.54 Å². The van der Waals surface area contributed by atoms with E-state index in [-0.39, 0.29) is 5.69 Å². The third kappa shape index (κ3) is 3.72. The second-order valence-corrected chi connectivity index (χ2v) is 4.42. The molecular formula is C13H14ClN3O2. The number of para-hydroxylation sites is 2. The van der Waals surface area contributed by atoms with E-state index >= 15 is 0 Å². The number of aromatic nitrogens is 2. The average molecular weight is 280 g/mol. The maximum atomic E-state index is 11.4. The van der Waals surface area contributed by atoms with Gasteiger partial charge in [-0.05, 0) is 18.6 Å². The molecule has 0 unspecified atom stereocenters. The van der Waals surface area contributed by atoms with E-state index in [9.17, 15) is 4.79 Å². The Labute approximate surface area is 115 Å². The van der Waals surface area contributed by atoms with Crippen molar-refractivity contribution in [1.29, 1.82) is 0 Å². The molecule has 0 atom stereocenters. The van der Waals surface area contributed by atoms with Gasteiger partial charge in [0.25, 0.3) is 0 Å². The van der Waals surface area contributed by atoms with Crippen molar-refractivity contribution in [1.82, 2.24) is 9.55 Å². The topological polar surface area (TPSA) is 70.1 Å². The summed E-state index contributed by atoms with van der Waals surface area (Å²) in [5, 5.41) is 0.438. The summed E-state index contributed by atoms with van der Waals surface area (Å²) in [5.41, 5.74) is 6.04. The Kier molecular flexibility index (Phi) is 4.41. The van der Waals surface area contributed by atoms with E-state index in [0.29, 0.717) is 36.0 Å². The number of nitrogens with zero attached hydrogens (tertiary/aromatic N) is 2. The van der Waals surface area contributed by atoms with E-state index in [2.05, 4.69) is 4.98 Å². The number of nitrogens with two attached hydrogens (primary N) is 1. The zero-order chi connectivity index (χ0) is 13.7. The average Bonchev–Trinajstić information content (AvgIpc) is 2.40. The second-order valence-electron chi connectivity index (χ2n) is 3.99. The first-order chi connectivity index (χ1) is 9.16. The molecule has 0 aliphatic carbocycles. The lowest BCUT2D eigenvalue weighted by molar-refractivity contribution is 0.302. The molecule has 19 heavy (non-hydrogen) atoms. The Morgan fingerprint density at radius 2 is 2.16 bits per heavy atom. The molecule has 0 spiro atoms. The van der Waals surface area contributed by atoms with Gasteiger partial charge in [0.2, 0.25) is 0 Å². The van der Waals surface area contributed by atoms with Gasteiger partial charge in [-0.15, -0.1) is 0 Å². The SMILES string of the molecule is Nc1ccccc1OCCCn1cc(Cl)cnc1=O. The van der Waals surface area contributed by atoms with Crippen molar-refractivity contribution in [3.8, 4) is 5.75 Å². The molecule has 2 aromatic rings. The highest BCUT2D eigenvalue weighted by molar-refractivity contribution is 6.30. The minimum absolute atomic E-state index is 0.316. The number of anilines is 1. The van der Waals surface area contributed by atoms with Crippen molar-refractivity contribution >= 4 is 17.3 Å². The van der Waals surface area contributed by atoms with Crippen LogP contribution in [0.25, 0.3) is 0 Å². The first-order valence-corrected chi connectivity index (χ1v) is 6.24. The molecule has 1 aromatic carbocycles. The van der Waals surface area contributed by atoms with E-state index < -0.39 is 0 Å². The molecule has 0 radical (unpaired) electrons. The molecule has 0 bridgehead atoms. The minimum Gasteiger partial charge on any atom is -0.491 e. The Bertz CT molecular complexity index is 613. The second kappa shape index (κ2) is 6.24. The van der Waals surface area contributed by atoms with Crippen LogP contribution in [0, 0.1) is 0 Å². The molecule has 0 saturated heterocycles. The normalized spacial score (nSPS) is 10.4. The zero-order valence-electron chi connectivity index (χ0n) is 10.3. The lowest BCUT2D eigenvalue weighted by Crippen LogP contribution is -2.22. The summed E-state index contributed by atoms with van der Waals surface area (Å²) in [6.07, 6.45) is 3.56. The van der Waals surface area contributed by atoms with Crippen molar-refractivity contribution in [3.05, 3.63) is 52.2 Å². The number of hydrogen-bond acceptors (Lipinski definition) is 4. The molecule has 0 amide bonds. The summed E-state index contributed by atoms with van der Waals surface area (Å²) in [6, 6.07) is 7.29. The van der Waals surface area contributed by atoms with Crippen LogP contribution in [0.1, 0.15) is 6.42 Å². The van der Waals surface area contributed by atoms with E-state index in [0.717, 1.165) is 0 Å². The summed E-state index contributed by atoms with van der Waals surface area (Å²) in [4.78, 5) is 15.1. The quantitative estimate of drug-likeness (QED) is 0.671. The predicted molar refractivity (Wildman–Crippen MR) is 74.5 cm³/mol. The van der Waals surface area contributed by atoms with Crippen molar-refractivity contribution in [2.24, 2.45) is 0 Å². The summed E-state index contributed by atoms with van der Waals surface area (Å²) in [7, 11) is 0. The van der Waals surface area contributed by atoms with Crippen molar-refractivity contribution in [3.63, 3.8) is 0 Å². The van der Waals surface area contributed by atoms with Crippen LogP contribution in [0.15, 0.2) is 41.5 Å². The first kappa shape index (κ1) is 13.4. The molecule has 100 valence electrons. The zero-order valence-corrected chi connectivity index (χ0v) is 11.0. The number of benzene rings is 1. The molecule has 2 N–H and O–H groups in total. The van der Waals surface area contributed by atoms with Crippen LogP contribution in [0.3, 0.4) is 0 Å². The Morgan fingerprint density at radius 1 is 1.37 bits per heavy atom. The summed E-state index contributed by atoms with van der Waals surface area (Å²) in [5.74, 6) is 0.652. The molecule has 5 nitrogen and oxygen atoms in total. The number of halogens is 1. The smallest absolute Gasteiger partial charge is 0.347 e. The van der Waals surface area contributed by atoms with Crippen molar-refractivity contribution in [2.75, 3.05) is 12.3 Å². The van der Waals surface area contributed by atoms with Crippen LogP contribution in [-0.4, -0.2) is 16.2 Å². The standard InChI is InChI=1S/C13H14ClN3O2/c14-10-8-16-13(18)17(9-10)6-3-7-19-12-5-2-1-4-11(12)15/h1-2,4-5,8-9H,3,6-7,15H2. The maximum Gasteiger partial charge on any atom is 0.347 e. The number of nitrogen functional groups attached to an aromatic ring is 1. The Balaban J connectivity index is 1.86. The summed E-state index contributed by atoms with van der Waals surface area (Å²) >= 11 is 5.78. The third-order valence-electron chi connectivity index (χ3n) is 2.54. The van der Waals surface area contributed by atoms with Crippen molar-refractivity contribution < 1.29 is 4.74 Å². The van der Waals surface area contributed by atoms with Crippen LogP contribution in [0.5, 0.6) is 5.75 Å². The highest BCUT2D eigenvalue weighted by Gasteiger charge is 2.00. The number of hydrogen-bond donors (Lipinski definition) is 1. The van der Waals surface area contributed by atoms with Gasteiger partial charge in [-0.2, -0.15) is 0 Å². The van der Waals surface area contributed by atoms with Gasteiger partial charge in [-0.1, -0.05) is 23.7 Å². The van der Waals surface area contributed by atoms with E-state index in [1.165, 1.54) is 10.8 Å². The van der Waals surface area contributed by atoms with Gasteiger partial charge < -0.3 is 10.5 Å². The highest BCUT2D eigenvalue weighted by atomic mass is 35.5. The third-order valence-corrected chi connectivity index (χ3v) is 2.74. The number of aryl methyl sites for hydroxylation is 1. The summed E-state index contributed by atoms with van der Waals surface area (Å²) in [6.45, 7) is 0.965. The van der Waals surface area contributed by atoms with Crippen LogP contribution < -0.4 is 16.2 Å². The molecule has 0 fully saturated rings. The fourth-order valence-electron chi connectivity index (χ4n) is 1.62. The van der Waals surface area contributed by atoms with Crippen LogP contribution in [0.4, 0.5) is 5.69 Å². The fraction of sp³-hybridized carbons (Fsp3) is 0.231. The van der Waals surface area contributed by atoms with Gasteiger partial charge in [0.15, 0.2) is 0 Å². The van der Waals surface area contributed by atoms with Gasteiger partial charge in [0.1, 0.15) is 5.75 Å². The van der Waals surface area contributed by atoms with E-state index in [4.69, 9.17) is 22.1 Å². The number of rotatable bonds is 5. The first-order valence-electron chi connectivity index (χ1n) is 5.86. The molecule has 1 aromatic heterocycles.